The highest BCUT2D eigenvalue weighted by molar-refractivity contribution is 7.92. The minimum atomic E-state index is -1.44. The molecule has 1 fully saturated rings. The van der Waals surface area contributed by atoms with Crippen molar-refractivity contribution in [1.29, 1.82) is 0 Å². The van der Waals surface area contributed by atoms with E-state index in [0.29, 0.717) is 24.0 Å². The monoisotopic (exact) mass is 416 g/mol. The van der Waals surface area contributed by atoms with E-state index >= 15 is 0 Å². The fourth-order valence-corrected chi connectivity index (χ4v) is 3.15. The molecule has 0 aromatic heterocycles. The van der Waals surface area contributed by atoms with Gasteiger partial charge in [-0.3, -0.25) is 14.8 Å². The van der Waals surface area contributed by atoms with E-state index in [1.165, 1.54) is 11.7 Å². The Morgan fingerprint density at radius 2 is 1.86 bits per heavy atom. The van der Waals surface area contributed by atoms with Gasteiger partial charge in [-0.15, -0.1) is 0 Å². The Morgan fingerprint density at radius 3 is 2.38 bits per heavy atom. The molecule has 0 heterocycles. The first-order valence-electron chi connectivity index (χ1n) is 9.03. The van der Waals surface area contributed by atoms with Crippen LogP contribution in [0.25, 0.3) is 0 Å². The molecule has 1 aromatic rings. The van der Waals surface area contributed by atoms with Crippen LogP contribution in [0.4, 0.5) is 0 Å². The second-order valence-corrected chi connectivity index (χ2v) is 9.32. The third kappa shape index (κ3) is 5.99. The third-order valence-electron chi connectivity index (χ3n) is 4.89. The van der Waals surface area contributed by atoms with Crippen LogP contribution in [0.15, 0.2) is 24.3 Å². The van der Waals surface area contributed by atoms with Crippen molar-refractivity contribution < 1.29 is 24.5 Å². The van der Waals surface area contributed by atoms with Crippen LogP contribution in [0.1, 0.15) is 42.6 Å². The number of hydrogen-bond acceptors (Lipinski definition) is 5. The molecule has 2 atom stereocenters. The van der Waals surface area contributed by atoms with E-state index in [0.717, 1.165) is 0 Å². The number of nitrogens with one attached hydrogen (secondary N) is 2. The van der Waals surface area contributed by atoms with Gasteiger partial charge < -0.3 is 15.0 Å². The van der Waals surface area contributed by atoms with Crippen molar-refractivity contribution in [3.8, 4) is 23.7 Å². The van der Waals surface area contributed by atoms with Gasteiger partial charge >= 0.3 is 0 Å². The molecule has 1 saturated carbocycles. The molecule has 0 radical (unpaired) electrons. The first-order valence-corrected chi connectivity index (χ1v) is 10.6. The zero-order chi connectivity index (χ0) is 21.6. The van der Waals surface area contributed by atoms with E-state index in [4.69, 9.17) is 5.21 Å². The maximum atomic E-state index is 12.5. The Bertz CT molecular complexity index is 868. The van der Waals surface area contributed by atoms with Gasteiger partial charge in [-0.25, -0.2) is 5.48 Å². The van der Waals surface area contributed by atoms with Crippen molar-refractivity contribution in [1.82, 2.24) is 10.8 Å². The number of aliphatic hydroxyl groups is 1. The molecule has 1 unspecified atom stereocenters. The van der Waals surface area contributed by atoms with Crippen molar-refractivity contribution >= 4 is 23.0 Å². The summed E-state index contributed by atoms with van der Waals surface area (Å²) in [5.41, 5.74) is 2.47. The topological polar surface area (TPSA) is 122 Å². The summed E-state index contributed by atoms with van der Waals surface area (Å²) in [7, 11) is 0. The Kier molecular flexibility index (Phi) is 7.72. The molecule has 2 amide bonds. The van der Waals surface area contributed by atoms with Crippen LogP contribution in [0, 0.1) is 29.6 Å². The molecule has 0 saturated heterocycles. The maximum absolute atomic E-state index is 12.5. The van der Waals surface area contributed by atoms with E-state index in [9.17, 15) is 19.2 Å². The minimum absolute atomic E-state index is 0.205. The van der Waals surface area contributed by atoms with E-state index in [1.807, 2.05) is 0 Å². The molecule has 2 rings (SSSR count). The zero-order valence-corrected chi connectivity index (χ0v) is 17.3. The van der Waals surface area contributed by atoms with Crippen LogP contribution >= 0.6 is 0 Å². The van der Waals surface area contributed by atoms with Gasteiger partial charge in [-0.2, -0.15) is 0 Å². The first kappa shape index (κ1) is 22.8. The molecule has 7 nitrogen and oxygen atoms in total. The summed E-state index contributed by atoms with van der Waals surface area (Å²) in [4.78, 5) is 24.5. The van der Waals surface area contributed by atoms with Gasteiger partial charge in [0.05, 0.1) is 12.4 Å². The van der Waals surface area contributed by atoms with E-state index in [-0.39, 0.29) is 12.0 Å². The average molecular weight is 416 g/mol. The molecule has 154 valence electrons. The highest BCUT2D eigenvalue weighted by Crippen LogP contribution is 2.25. The van der Waals surface area contributed by atoms with Gasteiger partial charge in [0, 0.05) is 17.0 Å². The van der Waals surface area contributed by atoms with E-state index < -0.39 is 33.8 Å². The van der Waals surface area contributed by atoms with Crippen LogP contribution in [0.5, 0.6) is 0 Å². The lowest BCUT2D eigenvalue weighted by Gasteiger charge is -2.33. The Hall–Kier alpha value is -2.49. The molecule has 29 heavy (non-hydrogen) atoms. The molecule has 1 aliphatic carbocycles. The normalized spacial score (nSPS) is 19.9. The number of carbonyl (C=O) groups excluding carboxylic acids is 2. The molecule has 1 aliphatic rings. The first-order chi connectivity index (χ1) is 13.6. The van der Waals surface area contributed by atoms with Gasteiger partial charge in [0.15, 0.2) is 6.04 Å². The van der Waals surface area contributed by atoms with Crippen LogP contribution in [-0.2, 0) is 16.0 Å². The zero-order valence-electron chi connectivity index (χ0n) is 16.5. The summed E-state index contributed by atoms with van der Waals surface area (Å²) in [6.07, 6.45) is 2.56. The number of aliphatic hydroxyl groups excluding tert-OH is 1. The number of benzene rings is 1. The lowest BCUT2D eigenvalue weighted by molar-refractivity contribution is -0.131. The summed E-state index contributed by atoms with van der Waals surface area (Å²) in [6.45, 7) is 3.13. The van der Waals surface area contributed by atoms with Gasteiger partial charge in [-0.1, -0.05) is 11.8 Å². The van der Waals surface area contributed by atoms with Crippen molar-refractivity contribution in [2.24, 2.45) is 5.92 Å². The second-order valence-electron chi connectivity index (χ2n) is 7.36. The van der Waals surface area contributed by atoms with Crippen molar-refractivity contribution in [3.05, 3.63) is 35.4 Å². The summed E-state index contributed by atoms with van der Waals surface area (Å²) < 4.78 is 10.9. The molecular formula is C21H24N2O5S. The molecule has 0 bridgehead atoms. The van der Waals surface area contributed by atoms with Gasteiger partial charge in [0.2, 0.25) is 0 Å². The van der Waals surface area contributed by atoms with Crippen molar-refractivity contribution in [2.75, 3.05) is 6.26 Å². The van der Waals surface area contributed by atoms with Crippen LogP contribution in [0.2, 0.25) is 0 Å². The summed E-state index contributed by atoms with van der Waals surface area (Å²) >= 11 is -1.44. The number of carbonyl (C=O) groups is 2. The largest absolute Gasteiger partial charge is 0.616 e. The maximum Gasteiger partial charge on any atom is 0.271 e. The summed E-state index contributed by atoms with van der Waals surface area (Å²) in [5.74, 6) is 10.2. The van der Waals surface area contributed by atoms with Crippen molar-refractivity contribution in [3.63, 3.8) is 0 Å². The Labute approximate surface area is 173 Å². The van der Waals surface area contributed by atoms with Gasteiger partial charge in [0.25, 0.3) is 11.8 Å². The van der Waals surface area contributed by atoms with E-state index in [2.05, 4.69) is 29.0 Å². The Balaban J connectivity index is 2.04. The third-order valence-corrected chi connectivity index (χ3v) is 6.61. The second kappa shape index (κ2) is 9.82. The fourth-order valence-electron chi connectivity index (χ4n) is 2.65. The predicted octanol–water partition coefficient (Wildman–Crippen LogP) is 0.573. The van der Waals surface area contributed by atoms with Crippen LogP contribution in [0.3, 0.4) is 0 Å². The minimum Gasteiger partial charge on any atom is -0.616 e. The molecule has 0 spiro atoms. The highest BCUT2D eigenvalue weighted by atomic mass is 32.2. The van der Waals surface area contributed by atoms with Gasteiger partial charge in [0.1, 0.15) is 4.75 Å². The standard InChI is InChI=1S/C21H24N2O5S/c1-21(2,29(3)28)18(20(26)23-27)22-19(25)16-10-8-14(9-11-16)6-4-5-7-15-12-17(24)13-15/h8-11,15,17-18,24,27H,12-13H2,1-3H3,(H,22,25)(H,23,26)/t15?,17?,18-,29?/m1/s1. The number of amides is 2. The van der Waals surface area contributed by atoms with Crippen LogP contribution < -0.4 is 10.8 Å². The van der Waals surface area contributed by atoms with Gasteiger partial charge in [-0.05, 0) is 74.0 Å². The molecule has 4 N–H and O–H groups in total. The number of rotatable bonds is 5. The highest BCUT2D eigenvalue weighted by Gasteiger charge is 2.44. The SMILES string of the molecule is C[S+]([O-])C(C)(C)[C@H](NC(=O)c1ccc(C#CC#CC2CC(O)C2)cc1)C(=O)NO. The lowest BCUT2D eigenvalue weighted by atomic mass is 9.83. The van der Waals surface area contributed by atoms with Crippen molar-refractivity contribution in [2.45, 2.75) is 43.6 Å². The molecular weight excluding hydrogens is 392 g/mol. The predicted molar refractivity (Wildman–Crippen MR) is 109 cm³/mol. The fraction of sp³-hybridized carbons (Fsp3) is 0.429. The number of hydrogen-bond donors (Lipinski definition) is 4. The average Bonchev–Trinajstić information content (AvgIpc) is 2.67. The van der Waals surface area contributed by atoms with Crippen LogP contribution in [-0.4, -0.2) is 49.8 Å². The number of hydroxylamine groups is 1. The Morgan fingerprint density at radius 1 is 1.24 bits per heavy atom. The summed E-state index contributed by atoms with van der Waals surface area (Å²) in [6, 6.07) is 5.23. The smallest absolute Gasteiger partial charge is 0.271 e. The quantitative estimate of drug-likeness (QED) is 0.242. The summed E-state index contributed by atoms with van der Waals surface area (Å²) in [5, 5.41) is 20.7. The van der Waals surface area contributed by atoms with E-state index in [1.54, 1.807) is 38.1 Å². The lowest BCUT2D eigenvalue weighted by Crippen LogP contribution is -2.60. The molecule has 8 heteroatoms. The molecule has 1 aromatic carbocycles. The molecule has 0 aliphatic heterocycles.